The molecule has 0 radical (unpaired) electrons. The van der Waals surface area contributed by atoms with Crippen molar-refractivity contribution in [3.05, 3.63) is 53.1 Å². The van der Waals surface area contributed by atoms with E-state index in [4.69, 9.17) is 18.9 Å². The van der Waals surface area contributed by atoms with E-state index in [-0.39, 0.29) is 11.3 Å². The number of benzene rings is 2. The van der Waals surface area contributed by atoms with Gasteiger partial charge >= 0.3 is 5.97 Å². The molecule has 0 saturated carbocycles. The third kappa shape index (κ3) is 4.06. The second-order valence-electron chi connectivity index (χ2n) is 7.07. The van der Waals surface area contributed by atoms with Crippen LogP contribution < -0.4 is 14.2 Å². The highest BCUT2D eigenvalue weighted by Crippen LogP contribution is 2.40. The fraction of sp³-hybridized carbons (Fsp3) is 0.261. The molecule has 0 amide bonds. The molecule has 0 fully saturated rings. The smallest absolute Gasteiger partial charge is 0.338 e. The highest BCUT2D eigenvalue weighted by Gasteiger charge is 2.25. The Labute approximate surface area is 170 Å². The van der Waals surface area contributed by atoms with Crippen molar-refractivity contribution in [2.45, 2.75) is 19.4 Å². The normalized spacial score (nSPS) is 14.6. The van der Waals surface area contributed by atoms with E-state index in [1.165, 1.54) is 14.2 Å². The van der Waals surface area contributed by atoms with Crippen LogP contribution in [0.2, 0.25) is 0 Å². The SMILES string of the molecule is COC(=O)C(=Cc1ccc2c(c1O)C=CC(C)(C)O2)c1ccc(OC)cc1OC. The van der Waals surface area contributed by atoms with Gasteiger partial charge in [0.05, 0.1) is 32.5 Å². The minimum Gasteiger partial charge on any atom is -0.507 e. The van der Waals surface area contributed by atoms with Crippen molar-refractivity contribution in [2.24, 2.45) is 0 Å². The third-order valence-electron chi connectivity index (χ3n) is 4.64. The van der Waals surface area contributed by atoms with Gasteiger partial charge in [0.1, 0.15) is 28.6 Å². The number of carbonyl (C=O) groups excluding carboxylic acids is 1. The lowest BCUT2D eigenvalue weighted by Crippen LogP contribution is -2.27. The number of rotatable bonds is 5. The zero-order valence-corrected chi connectivity index (χ0v) is 17.1. The molecule has 6 heteroatoms. The van der Waals surface area contributed by atoms with Crippen molar-refractivity contribution in [3.8, 4) is 23.0 Å². The van der Waals surface area contributed by atoms with Crippen molar-refractivity contribution in [3.63, 3.8) is 0 Å². The van der Waals surface area contributed by atoms with Crippen LogP contribution in [0.25, 0.3) is 17.7 Å². The summed E-state index contributed by atoms with van der Waals surface area (Å²) in [5.74, 6) is 1.08. The van der Waals surface area contributed by atoms with Crippen LogP contribution in [0.15, 0.2) is 36.4 Å². The molecule has 0 aliphatic carbocycles. The van der Waals surface area contributed by atoms with Crippen LogP contribution in [-0.2, 0) is 9.53 Å². The first-order valence-corrected chi connectivity index (χ1v) is 9.06. The van der Waals surface area contributed by atoms with Gasteiger partial charge in [0, 0.05) is 17.2 Å². The summed E-state index contributed by atoms with van der Waals surface area (Å²) in [4.78, 5) is 12.5. The standard InChI is InChI=1S/C23H24O6/c1-23(2)11-10-17-19(29-23)9-6-14(21(17)24)12-18(22(25)28-5)16-8-7-15(26-3)13-20(16)27-4/h6-13,24H,1-5H3. The number of hydrogen-bond donors (Lipinski definition) is 1. The van der Waals surface area contributed by atoms with Gasteiger partial charge < -0.3 is 24.1 Å². The number of fused-ring (bicyclic) bond motifs is 1. The van der Waals surface area contributed by atoms with Crippen LogP contribution in [0.4, 0.5) is 0 Å². The minimum absolute atomic E-state index is 0.0168. The molecule has 1 N–H and O–H groups in total. The van der Waals surface area contributed by atoms with Crippen molar-refractivity contribution < 1.29 is 28.8 Å². The Hall–Kier alpha value is -3.41. The molecule has 1 heterocycles. The van der Waals surface area contributed by atoms with Gasteiger partial charge in [0.2, 0.25) is 0 Å². The third-order valence-corrected chi connectivity index (χ3v) is 4.64. The highest BCUT2D eigenvalue weighted by molar-refractivity contribution is 6.22. The quantitative estimate of drug-likeness (QED) is 0.461. The molecule has 29 heavy (non-hydrogen) atoms. The fourth-order valence-electron chi connectivity index (χ4n) is 3.11. The van der Waals surface area contributed by atoms with Gasteiger partial charge in [-0.2, -0.15) is 0 Å². The Morgan fingerprint density at radius 3 is 2.52 bits per heavy atom. The van der Waals surface area contributed by atoms with Crippen LogP contribution >= 0.6 is 0 Å². The van der Waals surface area contributed by atoms with Crippen molar-refractivity contribution >= 4 is 23.7 Å². The summed E-state index contributed by atoms with van der Waals surface area (Å²) in [5, 5.41) is 10.8. The maximum absolute atomic E-state index is 12.5. The van der Waals surface area contributed by atoms with Crippen LogP contribution in [0.3, 0.4) is 0 Å². The van der Waals surface area contributed by atoms with Gasteiger partial charge in [0.15, 0.2) is 0 Å². The maximum Gasteiger partial charge on any atom is 0.338 e. The Morgan fingerprint density at radius 1 is 1.10 bits per heavy atom. The van der Waals surface area contributed by atoms with Crippen LogP contribution in [-0.4, -0.2) is 38.0 Å². The molecule has 1 aliphatic heterocycles. The van der Waals surface area contributed by atoms with E-state index < -0.39 is 11.6 Å². The molecule has 0 unspecified atom stereocenters. The van der Waals surface area contributed by atoms with E-state index in [0.29, 0.717) is 33.9 Å². The summed E-state index contributed by atoms with van der Waals surface area (Å²) < 4.78 is 21.5. The van der Waals surface area contributed by atoms with Gasteiger partial charge in [-0.15, -0.1) is 0 Å². The molecule has 2 aromatic rings. The number of ether oxygens (including phenoxy) is 4. The summed E-state index contributed by atoms with van der Waals surface area (Å²) in [7, 11) is 4.36. The van der Waals surface area contributed by atoms with Crippen LogP contribution in [0.5, 0.6) is 23.0 Å². The van der Waals surface area contributed by atoms with Gasteiger partial charge in [-0.05, 0) is 56.3 Å². The molecular weight excluding hydrogens is 372 g/mol. The lowest BCUT2D eigenvalue weighted by molar-refractivity contribution is -0.133. The average Bonchev–Trinajstić information content (AvgIpc) is 2.71. The van der Waals surface area contributed by atoms with Gasteiger partial charge in [-0.1, -0.05) is 0 Å². The predicted octanol–water partition coefficient (Wildman–Crippen LogP) is 4.31. The molecule has 0 bridgehead atoms. The number of hydrogen-bond acceptors (Lipinski definition) is 6. The molecule has 2 aromatic carbocycles. The summed E-state index contributed by atoms with van der Waals surface area (Å²) >= 11 is 0. The molecule has 6 nitrogen and oxygen atoms in total. The van der Waals surface area contributed by atoms with Crippen LogP contribution in [0.1, 0.15) is 30.5 Å². The summed E-state index contributed by atoms with van der Waals surface area (Å²) in [6.45, 7) is 3.87. The zero-order chi connectivity index (χ0) is 21.2. The van der Waals surface area contributed by atoms with E-state index in [2.05, 4.69) is 0 Å². The van der Waals surface area contributed by atoms with Gasteiger partial charge in [-0.25, -0.2) is 4.79 Å². The van der Waals surface area contributed by atoms with E-state index in [1.54, 1.807) is 43.5 Å². The van der Waals surface area contributed by atoms with Crippen LogP contribution in [0, 0.1) is 0 Å². The first-order valence-electron chi connectivity index (χ1n) is 9.06. The van der Waals surface area contributed by atoms with E-state index in [9.17, 15) is 9.90 Å². The Bertz CT molecular complexity index is 1000. The number of phenolic OH excluding ortho intramolecular Hbond substituents is 1. The zero-order valence-electron chi connectivity index (χ0n) is 17.1. The van der Waals surface area contributed by atoms with E-state index in [1.807, 2.05) is 26.0 Å². The Morgan fingerprint density at radius 2 is 1.86 bits per heavy atom. The fourth-order valence-corrected chi connectivity index (χ4v) is 3.11. The second-order valence-corrected chi connectivity index (χ2v) is 7.07. The van der Waals surface area contributed by atoms with Crippen molar-refractivity contribution in [2.75, 3.05) is 21.3 Å². The van der Waals surface area contributed by atoms with E-state index in [0.717, 1.165) is 0 Å². The number of carbonyl (C=O) groups is 1. The number of methoxy groups -OCH3 is 3. The molecular formula is C23H24O6. The van der Waals surface area contributed by atoms with E-state index >= 15 is 0 Å². The molecule has 0 aromatic heterocycles. The average molecular weight is 396 g/mol. The largest absolute Gasteiger partial charge is 0.507 e. The predicted molar refractivity (Wildman–Crippen MR) is 111 cm³/mol. The lowest BCUT2D eigenvalue weighted by atomic mass is 9.97. The molecule has 0 atom stereocenters. The topological polar surface area (TPSA) is 74.2 Å². The highest BCUT2D eigenvalue weighted by atomic mass is 16.5. The van der Waals surface area contributed by atoms with Gasteiger partial charge in [0.25, 0.3) is 0 Å². The molecule has 152 valence electrons. The first-order chi connectivity index (χ1) is 13.8. The maximum atomic E-state index is 12.5. The minimum atomic E-state index is -0.557. The number of aromatic hydroxyl groups is 1. The first kappa shape index (κ1) is 20.3. The van der Waals surface area contributed by atoms with Crippen molar-refractivity contribution in [1.82, 2.24) is 0 Å². The number of esters is 1. The molecule has 3 rings (SSSR count). The second kappa shape index (κ2) is 7.91. The molecule has 0 saturated heterocycles. The molecule has 0 spiro atoms. The molecule has 1 aliphatic rings. The Kier molecular flexibility index (Phi) is 5.55. The summed E-state index contributed by atoms with van der Waals surface area (Å²) in [6, 6.07) is 8.58. The monoisotopic (exact) mass is 396 g/mol. The summed E-state index contributed by atoms with van der Waals surface area (Å²) in [6.07, 6.45) is 5.26. The summed E-state index contributed by atoms with van der Waals surface area (Å²) in [5.41, 5.74) is 1.32. The number of phenols is 1. The Balaban J connectivity index is 2.14. The van der Waals surface area contributed by atoms with Gasteiger partial charge in [-0.3, -0.25) is 0 Å². The lowest BCUT2D eigenvalue weighted by Gasteiger charge is -2.28. The van der Waals surface area contributed by atoms with Crippen molar-refractivity contribution in [1.29, 1.82) is 0 Å².